The summed E-state index contributed by atoms with van der Waals surface area (Å²) in [6, 6.07) is 0. The maximum absolute atomic E-state index is 11.9. The van der Waals surface area contributed by atoms with Crippen molar-refractivity contribution < 1.29 is 13.2 Å². The van der Waals surface area contributed by atoms with E-state index in [9.17, 15) is 13.2 Å². The summed E-state index contributed by atoms with van der Waals surface area (Å²) in [5, 5.41) is 10.1. The minimum absolute atomic E-state index is 0.112. The molecule has 0 aliphatic carbocycles. The van der Waals surface area contributed by atoms with Crippen molar-refractivity contribution in [1.82, 2.24) is 9.29 Å². The molecule has 1 fully saturated rings. The maximum Gasteiger partial charge on any atom is 0.276 e. The Hall–Kier alpha value is -1.03. The third-order valence-electron chi connectivity index (χ3n) is 2.85. The first-order chi connectivity index (χ1) is 8.47. The first-order valence-corrected chi connectivity index (χ1v) is 7.83. The molecule has 1 amide bonds. The van der Waals surface area contributed by atoms with Gasteiger partial charge in [0.1, 0.15) is 0 Å². The number of hydrogen-bond donors (Lipinski definition) is 2. The predicted octanol–water partition coefficient (Wildman–Crippen LogP) is -0.00290. The highest BCUT2D eigenvalue weighted by molar-refractivity contribution is 7.86. The smallest absolute Gasteiger partial charge is 0.276 e. The number of aromatic nitrogens is 1. The lowest BCUT2D eigenvalue weighted by atomic mass is 9.97. The minimum atomic E-state index is -3.63. The second kappa shape index (κ2) is 5.31. The van der Waals surface area contributed by atoms with Gasteiger partial charge in [-0.05, 0) is 12.8 Å². The van der Waals surface area contributed by atoms with Gasteiger partial charge in [-0.1, -0.05) is 0 Å². The van der Waals surface area contributed by atoms with E-state index in [2.05, 4.69) is 10.3 Å². The van der Waals surface area contributed by atoms with Gasteiger partial charge in [0.2, 0.25) is 5.91 Å². The molecule has 2 rings (SSSR count). The number of thiazole rings is 1. The number of piperidine rings is 1. The molecule has 3 N–H and O–H groups in total. The zero-order valence-corrected chi connectivity index (χ0v) is 11.2. The highest BCUT2D eigenvalue weighted by atomic mass is 32.2. The molecule has 1 aliphatic rings. The molecule has 0 aromatic carbocycles. The number of rotatable bonds is 3. The largest absolute Gasteiger partial charge is 0.302 e. The Morgan fingerprint density at radius 1 is 1.50 bits per heavy atom. The Kier molecular flexibility index (Phi) is 3.95. The average Bonchev–Trinajstić information content (AvgIpc) is 2.81. The second-order valence-corrected chi connectivity index (χ2v) is 6.49. The van der Waals surface area contributed by atoms with E-state index in [1.165, 1.54) is 15.6 Å². The van der Waals surface area contributed by atoms with Crippen LogP contribution in [0.3, 0.4) is 0 Å². The van der Waals surface area contributed by atoms with Crippen molar-refractivity contribution in [3.8, 4) is 0 Å². The van der Waals surface area contributed by atoms with Crippen LogP contribution in [0, 0.1) is 5.92 Å². The van der Waals surface area contributed by atoms with Crippen molar-refractivity contribution in [2.24, 2.45) is 11.1 Å². The maximum atomic E-state index is 11.9. The van der Waals surface area contributed by atoms with E-state index in [0.29, 0.717) is 18.0 Å². The number of anilines is 1. The molecule has 100 valence electrons. The molecule has 1 aromatic rings. The Labute approximate surface area is 109 Å². The van der Waals surface area contributed by atoms with Crippen LogP contribution in [-0.2, 0) is 15.0 Å². The van der Waals surface area contributed by atoms with Crippen molar-refractivity contribution in [1.29, 1.82) is 0 Å². The third-order valence-corrected chi connectivity index (χ3v) is 4.62. The fourth-order valence-electron chi connectivity index (χ4n) is 1.87. The Morgan fingerprint density at radius 3 is 2.67 bits per heavy atom. The van der Waals surface area contributed by atoms with Gasteiger partial charge in [-0.25, -0.2) is 10.1 Å². The van der Waals surface area contributed by atoms with Gasteiger partial charge in [-0.2, -0.15) is 12.7 Å². The SMILES string of the molecule is NS(=O)(=O)N1CCC(C(=O)Nc2nccs2)CC1. The number of amides is 1. The van der Waals surface area contributed by atoms with Gasteiger partial charge < -0.3 is 5.32 Å². The zero-order valence-electron chi connectivity index (χ0n) is 9.57. The predicted molar refractivity (Wildman–Crippen MR) is 68.1 cm³/mol. The van der Waals surface area contributed by atoms with Gasteiger partial charge in [-0.3, -0.25) is 4.79 Å². The summed E-state index contributed by atoms with van der Waals surface area (Å²) in [5.41, 5.74) is 0. The summed E-state index contributed by atoms with van der Waals surface area (Å²) < 4.78 is 23.4. The molecule has 9 heteroatoms. The standard InChI is InChI=1S/C9H14N4O3S2/c10-18(15,16)13-4-1-7(2-5-13)8(14)12-9-11-3-6-17-9/h3,6-7H,1-2,4-5H2,(H2,10,15,16)(H,11,12,14). The first kappa shape index (κ1) is 13.4. The lowest BCUT2D eigenvalue weighted by molar-refractivity contribution is -0.120. The van der Waals surface area contributed by atoms with E-state index in [1.54, 1.807) is 11.6 Å². The van der Waals surface area contributed by atoms with Gasteiger partial charge in [0.05, 0.1) is 0 Å². The lowest BCUT2D eigenvalue weighted by Crippen LogP contribution is -2.44. The molecule has 0 saturated carbocycles. The summed E-state index contributed by atoms with van der Waals surface area (Å²) in [7, 11) is -3.63. The van der Waals surface area contributed by atoms with Gasteiger partial charge in [0, 0.05) is 30.6 Å². The first-order valence-electron chi connectivity index (χ1n) is 5.45. The van der Waals surface area contributed by atoms with Crippen molar-refractivity contribution in [3.05, 3.63) is 11.6 Å². The summed E-state index contributed by atoms with van der Waals surface area (Å²) >= 11 is 1.35. The number of carbonyl (C=O) groups is 1. The fourth-order valence-corrected chi connectivity index (χ4v) is 3.12. The number of nitrogens with two attached hydrogens (primary N) is 1. The molecule has 0 bridgehead atoms. The molecule has 1 aliphatic heterocycles. The van der Waals surface area contributed by atoms with Gasteiger partial charge in [-0.15, -0.1) is 11.3 Å². The van der Waals surface area contributed by atoms with Crippen molar-refractivity contribution >= 4 is 32.6 Å². The van der Waals surface area contributed by atoms with Gasteiger partial charge in [0.25, 0.3) is 10.2 Å². The summed E-state index contributed by atoms with van der Waals surface area (Å²) in [6.07, 6.45) is 2.57. The van der Waals surface area contributed by atoms with E-state index in [0.717, 1.165) is 0 Å². The fraction of sp³-hybridized carbons (Fsp3) is 0.556. The van der Waals surface area contributed by atoms with Crippen LogP contribution in [0.2, 0.25) is 0 Å². The van der Waals surface area contributed by atoms with Crippen molar-refractivity contribution in [2.75, 3.05) is 18.4 Å². The van der Waals surface area contributed by atoms with Crippen LogP contribution in [0.4, 0.5) is 5.13 Å². The number of carbonyl (C=O) groups excluding carboxylic acids is 1. The molecule has 18 heavy (non-hydrogen) atoms. The Bertz CT molecular complexity index is 506. The van der Waals surface area contributed by atoms with Crippen LogP contribution < -0.4 is 10.5 Å². The summed E-state index contributed by atoms with van der Waals surface area (Å²) in [6.45, 7) is 0.573. The van der Waals surface area contributed by atoms with E-state index in [4.69, 9.17) is 5.14 Å². The average molecular weight is 290 g/mol. The Morgan fingerprint density at radius 2 is 2.17 bits per heavy atom. The van der Waals surface area contributed by atoms with E-state index < -0.39 is 10.2 Å². The minimum Gasteiger partial charge on any atom is -0.302 e. The Balaban J connectivity index is 1.88. The van der Waals surface area contributed by atoms with Crippen LogP contribution in [0.15, 0.2) is 11.6 Å². The molecule has 0 unspecified atom stereocenters. The number of nitrogens with one attached hydrogen (secondary N) is 1. The molecule has 0 atom stereocenters. The monoisotopic (exact) mass is 290 g/mol. The van der Waals surface area contributed by atoms with Crippen molar-refractivity contribution in [2.45, 2.75) is 12.8 Å². The molecular weight excluding hydrogens is 276 g/mol. The normalized spacial score (nSPS) is 18.7. The van der Waals surface area contributed by atoms with Crippen LogP contribution in [-0.4, -0.2) is 36.7 Å². The number of hydrogen-bond acceptors (Lipinski definition) is 5. The zero-order chi connectivity index (χ0) is 13.2. The molecular formula is C9H14N4O3S2. The summed E-state index contributed by atoms with van der Waals surface area (Å²) in [4.78, 5) is 15.8. The lowest BCUT2D eigenvalue weighted by Gasteiger charge is -2.28. The topological polar surface area (TPSA) is 105 Å². The van der Waals surface area contributed by atoms with Gasteiger partial charge in [0.15, 0.2) is 5.13 Å². The molecule has 1 saturated heterocycles. The molecule has 1 aromatic heterocycles. The second-order valence-electron chi connectivity index (χ2n) is 4.04. The van der Waals surface area contributed by atoms with Crippen LogP contribution in [0.1, 0.15) is 12.8 Å². The van der Waals surface area contributed by atoms with Crippen LogP contribution >= 0.6 is 11.3 Å². The molecule has 0 radical (unpaired) electrons. The van der Waals surface area contributed by atoms with Crippen LogP contribution in [0.25, 0.3) is 0 Å². The third kappa shape index (κ3) is 3.25. The van der Waals surface area contributed by atoms with E-state index in [1.807, 2.05) is 0 Å². The van der Waals surface area contributed by atoms with Gasteiger partial charge >= 0.3 is 0 Å². The van der Waals surface area contributed by atoms with Crippen LogP contribution in [0.5, 0.6) is 0 Å². The molecule has 0 spiro atoms. The molecule has 2 heterocycles. The summed E-state index contributed by atoms with van der Waals surface area (Å²) in [5.74, 6) is -0.300. The van der Waals surface area contributed by atoms with E-state index >= 15 is 0 Å². The van der Waals surface area contributed by atoms with Crippen molar-refractivity contribution in [3.63, 3.8) is 0 Å². The number of nitrogens with zero attached hydrogens (tertiary/aromatic N) is 2. The highest BCUT2D eigenvalue weighted by Gasteiger charge is 2.29. The molecule has 7 nitrogen and oxygen atoms in total. The highest BCUT2D eigenvalue weighted by Crippen LogP contribution is 2.21. The van der Waals surface area contributed by atoms with E-state index in [-0.39, 0.29) is 24.9 Å². The quantitative estimate of drug-likeness (QED) is 0.817.